The van der Waals surface area contributed by atoms with Crippen LogP contribution < -0.4 is 4.90 Å². The third kappa shape index (κ3) is 2.90. The zero-order chi connectivity index (χ0) is 14.8. The van der Waals surface area contributed by atoms with Gasteiger partial charge >= 0.3 is 0 Å². The molecule has 0 atom stereocenters. The molecule has 1 aromatic carbocycles. The van der Waals surface area contributed by atoms with Crippen molar-refractivity contribution in [1.82, 2.24) is 19.8 Å². The summed E-state index contributed by atoms with van der Waals surface area (Å²) < 4.78 is 9.57. The topological polar surface area (TPSA) is 49.3 Å². The predicted molar refractivity (Wildman–Crippen MR) is 81.2 cm³/mol. The van der Waals surface area contributed by atoms with E-state index in [0.717, 1.165) is 38.7 Å². The van der Waals surface area contributed by atoms with Crippen LogP contribution in [0.5, 0.6) is 0 Å². The molecule has 1 fully saturated rings. The summed E-state index contributed by atoms with van der Waals surface area (Å²) in [6, 6.07) is 6.13. The summed E-state index contributed by atoms with van der Waals surface area (Å²) >= 11 is 5.54. The van der Waals surface area contributed by atoms with E-state index in [1.54, 1.807) is 9.36 Å². The van der Waals surface area contributed by atoms with Gasteiger partial charge in [0.05, 0.1) is 18.9 Å². The molecule has 6 nitrogen and oxygen atoms in total. The van der Waals surface area contributed by atoms with Crippen LogP contribution in [-0.4, -0.2) is 46.1 Å². The van der Waals surface area contributed by atoms with E-state index in [1.807, 2.05) is 12.1 Å². The minimum atomic E-state index is 0.641. The SMILES string of the molecule is Cc1cccc(-n2nnn(C[NH+]3CCOCC3)c2=S)c1C. The molecular formula is C14H20N5OS+. The Kier molecular flexibility index (Phi) is 4.14. The molecule has 1 aliphatic heterocycles. The van der Waals surface area contributed by atoms with Gasteiger partial charge in [0, 0.05) is 0 Å². The van der Waals surface area contributed by atoms with Crippen molar-refractivity contribution in [3.63, 3.8) is 0 Å². The van der Waals surface area contributed by atoms with Crippen LogP contribution in [0.25, 0.3) is 5.69 Å². The molecule has 1 aliphatic rings. The molecule has 0 unspecified atom stereocenters. The minimum Gasteiger partial charge on any atom is -0.370 e. The second-order valence-corrected chi connectivity index (χ2v) is 5.78. The van der Waals surface area contributed by atoms with Gasteiger partial charge < -0.3 is 9.64 Å². The summed E-state index contributed by atoms with van der Waals surface area (Å²) in [5.74, 6) is 0. The van der Waals surface area contributed by atoms with Gasteiger partial charge in [-0.1, -0.05) is 12.1 Å². The lowest BCUT2D eigenvalue weighted by Gasteiger charge is -2.22. The number of hydrogen-bond donors (Lipinski definition) is 1. The van der Waals surface area contributed by atoms with Gasteiger partial charge in [-0.15, -0.1) is 0 Å². The van der Waals surface area contributed by atoms with Gasteiger partial charge in [-0.05, 0) is 53.7 Å². The molecule has 0 bridgehead atoms. The van der Waals surface area contributed by atoms with E-state index in [1.165, 1.54) is 16.0 Å². The number of benzene rings is 1. The maximum Gasteiger partial charge on any atom is 0.225 e. The molecule has 2 heterocycles. The van der Waals surface area contributed by atoms with Crippen LogP contribution in [0.3, 0.4) is 0 Å². The van der Waals surface area contributed by atoms with Crippen LogP contribution in [-0.2, 0) is 11.4 Å². The molecule has 21 heavy (non-hydrogen) atoms. The molecule has 3 rings (SSSR count). The van der Waals surface area contributed by atoms with Crippen molar-refractivity contribution in [2.45, 2.75) is 20.5 Å². The zero-order valence-corrected chi connectivity index (χ0v) is 13.2. The van der Waals surface area contributed by atoms with Crippen LogP contribution in [0.2, 0.25) is 0 Å². The standard InChI is InChI=1S/C14H19N5OS/c1-11-4-3-5-13(12(11)2)19-14(21)18(15-16-19)10-17-6-8-20-9-7-17/h3-5H,6-10H2,1-2H3/p+1. The van der Waals surface area contributed by atoms with E-state index in [2.05, 4.69) is 30.3 Å². The van der Waals surface area contributed by atoms with Gasteiger partial charge in [0.1, 0.15) is 13.1 Å². The van der Waals surface area contributed by atoms with Crippen LogP contribution in [0.4, 0.5) is 0 Å². The molecule has 1 saturated heterocycles. The van der Waals surface area contributed by atoms with Crippen molar-refractivity contribution in [1.29, 1.82) is 0 Å². The third-order valence-corrected chi connectivity index (χ3v) is 4.40. The molecule has 1 N–H and O–H groups in total. The predicted octanol–water partition coefficient (Wildman–Crippen LogP) is 0.288. The van der Waals surface area contributed by atoms with E-state index >= 15 is 0 Å². The van der Waals surface area contributed by atoms with E-state index in [0.29, 0.717) is 4.77 Å². The second kappa shape index (κ2) is 6.05. The summed E-state index contributed by atoms with van der Waals surface area (Å²) in [4.78, 5) is 1.42. The van der Waals surface area contributed by atoms with Crippen molar-refractivity contribution in [3.8, 4) is 5.69 Å². The van der Waals surface area contributed by atoms with Gasteiger partial charge in [-0.3, -0.25) is 0 Å². The number of nitrogens with zero attached hydrogens (tertiary/aromatic N) is 4. The molecule has 2 aromatic rings. The normalized spacial score (nSPS) is 16.3. The Hall–Kier alpha value is -1.57. The maximum atomic E-state index is 5.54. The fraction of sp³-hybridized carbons (Fsp3) is 0.500. The number of hydrogen-bond acceptors (Lipinski definition) is 4. The van der Waals surface area contributed by atoms with Crippen molar-refractivity contribution in [2.24, 2.45) is 0 Å². The lowest BCUT2D eigenvalue weighted by molar-refractivity contribution is -0.931. The summed E-state index contributed by atoms with van der Waals surface area (Å²) in [7, 11) is 0. The molecular weight excluding hydrogens is 286 g/mol. The van der Waals surface area contributed by atoms with E-state index in [-0.39, 0.29) is 0 Å². The number of morpholine rings is 1. The number of rotatable bonds is 3. The highest BCUT2D eigenvalue weighted by Crippen LogP contribution is 2.16. The zero-order valence-electron chi connectivity index (χ0n) is 12.4. The fourth-order valence-electron chi connectivity index (χ4n) is 2.52. The number of quaternary nitrogens is 1. The molecule has 0 saturated carbocycles. The first-order chi connectivity index (χ1) is 10.2. The number of aryl methyl sites for hydroxylation is 1. The van der Waals surface area contributed by atoms with Crippen molar-refractivity contribution < 1.29 is 9.64 Å². The number of nitrogens with one attached hydrogen (secondary N) is 1. The van der Waals surface area contributed by atoms with Crippen molar-refractivity contribution >= 4 is 12.2 Å². The maximum absolute atomic E-state index is 5.54. The monoisotopic (exact) mass is 306 g/mol. The molecule has 1 aromatic heterocycles. The Morgan fingerprint density at radius 1 is 1.24 bits per heavy atom. The lowest BCUT2D eigenvalue weighted by atomic mass is 10.1. The largest absolute Gasteiger partial charge is 0.370 e. The van der Waals surface area contributed by atoms with Gasteiger partial charge in [-0.25, -0.2) is 0 Å². The molecule has 0 radical (unpaired) electrons. The second-order valence-electron chi connectivity index (χ2n) is 5.41. The third-order valence-electron chi connectivity index (χ3n) is 4.02. The van der Waals surface area contributed by atoms with E-state index in [4.69, 9.17) is 17.0 Å². The first-order valence-corrected chi connectivity index (χ1v) is 7.58. The first kappa shape index (κ1) is 14.4. The smallest absolute Gasteiger partial charge is 0.225 e. The fourth-order valence-corrected chi connectivity index (χ4v) is 2.76. The van der Waals surface area contributed by atoms with E-state index < -0.39 is 0 Å². The summed E-state index contributed by atoms with van der Waals surface area (Å²) in [5, 5.41) is 8.46. The average Bonchev–Trinajstić information content (AvgIpc) is 2.84. The van der Waals surface area contributed by atoms with Crippen LogP contribution in [0.15, 0.2) is 18.2 Å². The van der Waals surface area contributed by atoms with Crippen LogP contribution in [0.1, 0.15) is 11.1 Å². The highest BCUT2D eigenvalue weighted by Gasteiger charge is 2.17. The van der Waals surface area contributed by atoms with Gasteiger partial charge in [0.2, 0.25) is 4.77 Å². The molecule has 0 amide bonds. The minimum absolute atomic E-state index is 0.641. The lowest BCUT2D eigenvalue weighted by Crippen LogP contribution is -3.13. The molecule has 0 aliphatic carbocycles. The highest BCUT2D eigenvalue weighted by molar-refractivity contribution is 7.71. The average molecular weight is 306 g/mol. The summed E-state index contributed by atoms with van der Waals surface area (Å²) in [5.41, 5.74) is 3.41. The molecule has 7 heteroatoms. The Morgan fingerprint density at radius 2 is 2.00 bits per heavy atom. The highest BCUT2D eigenvalue weighted by atomic mass is 32.1. The van der Waals surface area contributed by atoms with Crippen molar-refractivity contribution in [2.75, 3.05) is 26.3 Å². The van der Waals surface area contributed by atoms with Gasteiger partial charge in [-0.2, -0.15) is 9.36 Å². The Bertz CT molecular complexity index is 687. The number of aromatic nitrogens is 4. The van der Waals surface area contributed by atoms with Crippen LogP contribution in [0, 0.1) is 18.6 Å². The van der Waals surface area contributed by atoms with Crippen molar-refractivity contribution in [3.05, 3.63) is 34.1 Å². The number of tetrazole rings is 1. The Balaban J connectivity index is 1.88. The van der Waals surface area contributed by atoms with Gasteiger partial charge in [0.15, 0.2) is 6.67 Å². The molecule has 112 valence electrons. The Morgan fingerprint density at radius 3 is 2.76 bits per heavy atom. The first-order valence-electron chi connectivity index (χ1n) is 7.17. The van der Waals surface area contributed by atoms with Crippen LogP contribution >= 0.6 is 12.2 Å². The summed E-state index contributed by atoms with van der Waals surface area (Å²) in [6.07, 6.45) is 0. The Labute approximate surface area is 128 Å². The summed E-state index contributed by atoms with van der Waals surface area (Å²) in [6.45, 7) is 8.48. The quantitative estimate of drug-likeness (QED) is 0.828. The van der Waals surface area contributed by atoms with E-state index in [9.17, 15) is 0 Å². The van der Waals surface area contributed by atoms with Gasteiger partial charge in [0.25, 0.3) is 0 Å². The number of ether oxygens (including phenoxy) is 1. The molecule has 0 spiro atoms.